The lowest BCUT2D eigenvalue weighted by Gasteiger charge is -2.26. The molecular formula is C12H21N5O. The first-order valence-electron chi connectivity index (χ1n) is 6.58. The topological polar surface area (TPSA) is 71.8 Å². The molecule has 100 valence electrons. The number of aryl methyl sites for hydroxylation is 1. The summed E-state index contributed by atoms with van der Waals surface area (Å²) in [4.78, 5) is 11.9. The molecular weight excluding hydrogens is 230 g/mol. The minimum Gasteiger partial charge on any atom is -0.356 e. The Morgan fingerprint density at radius 1 is 1.56 bits per heavy atom. The monoisotopic (exact) mass is 251 g/mol. The number of carbonyl (C=O) groups is 1. The maximum atomic E-state index is 11.9. The second-order valence-corrected chi connectivity index (χ2v) is 5.01. The number of amides is 1. The van der Waals surface area contributed by atoms with Crippen LogP contribution in [-0.2, 0) is 11.3 Å². The number of hydrogen-bond acceptors (Lipinski definition) is 4. The molecule has 2 N–H and O–H groups in total. The molecule has 0 aromatic carbocycles. The summed E-state index contributed by atoms with van der Waals surface area (Å²) in [6.07, 6.45) is 5.36. The van der Waals surface area contributed by atoms with E-state index in [4.69, 9.17) is 0 Å². The zero-order chi connectivity index (χ0) is 12.8. The molecule has 1 aliphatic heterocycles. The van der Waals surface area contributed by atoms with Gasteiger partial charge in [0.2, 0.25) is 5.91 Å². The van der Waals surface area contributed by atoms with Crippen LogP contribution in [0.15, 0.2) is 12.4 Å². The zero-order valence-electron chi connectivity index (χ0n) is 10.8. The number of aromatic nitrogens is 3. The van der Waals surface area contributed by atoms with Crippen LogP contribution in [-0.4, -0.2) is 40.5 Å². The van der Waals surface area contributed by atoms with E-state index in [9.17, 15) is 4.79 Å². The van der Waals surface area contributed by atoms with E-state index in [1.807, 2.05) is 6.20 Å². The number of carbonyl (C=O) groups excluding carboxylic acids is 1. The van der Waals surface area contributed by atoms with E-state index in [0.29, 0.717) is 12.5 Å². The van der Waals surface area contributed by atoms with E-state index < -0.39 is 0 Å². The normalized spacial score (nSPS) is 23.8. The molecule has 2 unspecified atom stereocenters. The minimum absolute atomic E-state index is 0.125. The summed E-state index contributed by atoms with van der Waals surface area (Å²) in [5, 5.41) is 13.9. The quantitative estimate of drug-likeness (QED) is 0.724. The largest absolute Gasteiger partial charge is 0.356 e. The Morgan fingerprint density at radius 3 is 3.17 bits per heavy atom. The molecule has 1 aromatic heterocycles. The van der Waals surface area contributed by atoms with Gasteiger partial charge < -0.3 is 10.6 Å². The van der Waals surface area contributed by atoms with Gasteiger partial charge in [0.15, 0.2) is 0 Å². The van der Waals surface area contributed by atoms with Crippen LogP contribution < -0.4 is 10.6 Å². The summed E-state index contributed by atoms with van der Waals surface area (Å²) in [6.45, 7) is 5.50. The minimum atomic E-state index is 0.125. The van der Waals surface area contributed by atoms with Crippen LogP contribution in [0.2, 0.25) is 0 Å². The van der Waals surface area contributed by atoms with Crippen molar-refractivity contribution in [3.63, 3.8) is 0 Å². The molecule has 2 heterocycles. The zero-order valence-corrected chi connectivity index (χ0v) is 10.8. The third kappa shape index (κ3) is 3.80. The highest BCUT2D eigenvalue weighted by Crippen LogP contribution is 2.15. The van der Waals surface area contributed by atoms with E-state index in [-0.39, 0.29) is 11.8 Å². The maximum Gasteiger partial charge on any atom is 0.224 e. The smallest absolute Gasteiger partial charge is 0.224 e. The lowest BCUT2D eigenvalue weighted by molar-refractivity contribution is -0.125. The third-order valence-electron chi connectivity index (χ3n) is 3.28. The summed E-state index contributed by atoms with van der Waals surface area (Å²) >= 11 is 0. The van der Waals surface area contributed by atoms with Crippen molar-refractivity contribution in [2.45, 2.75) is 26.3 Å². The van der Waals surface area contributed by atoms with Crippen LogP contribution in [0.5, 0.6) is 0 Å². The Balaban J connectivity index is 1.62. The van der Waals surface area contributed by atoms with Gasteiger partial charge in [-0.1, -0.05) is 12.1 Å². The lowest BCUT2D eigenvalue weighted by Crippen LogP contribution is -2.43. The molecule has 6 heteroatoms. The Bertz CT molecular complexity index is 365. The molecule has 2 atom stereocenters. The average Bonchev–Trinajstić information content (AvgIpc) is 2.87. The highest BCUT2D eigenvalue weighted by atomic mass is 16.1. The summed E-state index contributed by atoms with van der Waals surface area (Å²) in [5.41, 5.74) is 0. The third-order valence-corrected chi connectivity index (χ3v) is 3.28. The predicted octanol–water partition coefficient (Wildman–Crippen LogP) is 0.0300. The van der Waals surface area contributed by atoms with Gasteiger partial charge in [-0.15, -0.1) is 5.10 Å². The van der Waals surface area contributed by atoms with Gasteiger partial charge in [-0.3, -0.25) is 9.48 Å². The molecule has 18 heavy (non-hydrogen) atoms. The van der Waals surface area contributed by atoms with Crippen LogP contribution in [0, 0.1) is 11.8 Å². The second kappa shape index (κ2) is 6.49. The van der Waals surface area contributed by atoms with Crippen molar-refractivity contribution in [1.82, 2.24) is 25.6 Å². The molecule has 1 fully saturated rings. The Morgan fingerprint density at radius 2 is 2.44 bits per heavy atom. The number of piperidine rings is 1. The van der Waals surface area contributed by atoms with Gasteiger partial charge in [-0.2, -0.15) is 0 Å². The van der Waals surface area contributed by atoms with Crippen molar-refractivity contribution in [1.29, 1.82) is 0 Å². The van der Waals surface area contributed by atoms with Crippen molar-refractivity contribution >= 4 is 5.91 Å². The van der Waals surface area contributed by atoms with Crippen molar-refractivity contribution in [3.8, 4) is 0 Å². The van der Waals surface area contributed by atoms with E-state index >= 15 is 0 Å². The SMILES string of the molecule is CC1CNCC(C(=O)NCCCn2ccnn2)C1. The molecule has 0 aliphatic carbocycles. The standard InChI is InChI=1S/C12H21N5O/c1-10-7-11(9-13-8-10)12(18)14-3-2-5-17-6-4-15-16-17/h4,6,10-11,13H,2-3,5,7-9H2,1H3,(H,14,18). The van der Waals surface area contributed by atoms with Crippen LogP contribution in [0.1, 0.15) is 19.8 Å². The lowest BCUT2D eigenvalue weighted by atomic mass is 9.91. The first-order chi connectivity index (χ1) is 8.75. The van der Waals surface area contributed by atoms with Crippen LogP contribution in [0.4, 0.5) is 0 Å². The van der Waals surface area contributed by atoms with Crippen LogP contribution in [0.25, 0.3) is 0 Å². The molecule has 0 bridgehead atoms. The molecule has 0 spiro atoms. The van der Waals surface area contributed by atoms with Gasteiger partial charge in [0.1, 0.15) is 0 Å². The molecule has 1 amide bonds. The van der Waals surface area contributed by atoms with Gasteiger partial charge in [-0.05, 0) is 25.3 Å². The number of nitrogens with one attached hydrogen (secondary N) is 2. The highest BCUT2D eigenvalue weighted by Gasteiger charge is 2.24. The van der Waals surface area contributed by atoms with Crippen molar-refractivity contribution in [2.75, 3.05) is 19.6 Å². The second-order valence-electron chi connectivity index (χ2n) is 5.01. The number of rotatable bonds is 5. The number of nitrogens with zero attached hydrogens (tertiary/aromatic N) is 3. The Kier molecular flexibility index (Phi) is 4.69. The van der Waals surface area contributed by atoms with E-state index in [1.165, 1.54) is 0 Å². The molecule has 0 radical (unpaired) electrons. The Hall–Kier alpha value is -1.43. The Labute approximate surface area is 107 Å². The first-order valence-corrected chi connectivity index (χ1v) is 6.58. The fourth-order valence-electron chi connectivity index (χ4n) is 2.31. The summed E-state index contributed by atoms with van der Waals surface area (Å²) < 4.78 is 1.77. The van der Waals surface area contributed by atoms with E-state index in [2.05, 4.69) is 27.9 Å². The molecule has 1 saturated heterocycles. The van der Waals surface area contributed by atoms with Crippen molar-refractivity contribution in [3.05, 3.63) is 12.4 Å². The predicted molar refractivity (Wildman–Crippen MR) is 67.8 cm³/mol. The maximum absolute atomic E-state index is 11.9. The average molecular weight is 251 g/mol. The summed E-state index contributed by atoms with van der Waals surface area (Å²) in [7, 11) is 0. The molecule has 1 aliphatic rings. The van der Waals surface area contributed by atoms with Gasteiger partial charge >= 0.3 is 0 Å². The van der Waals surface area contributed by atoms with E-state index in [0.717, 1.165) is 32.5 Å². The van der Waals surface area contributed by atoms with Crippen molar-refractivity contribution < 1.29 is 4.79 Å². The number of hydrogen-bond donors (Lipinski definition) is 2. The van der Waals surface area contributed by atoms with Crippen molar-refractivity contribution in [2.24, 2.45) is 11.8 Å². The molecule has 6 nitrogen and oxygen atoms in total. The molecule has 2 rings (SSSR count). The van der Waals surface area contributed by atoms with Gasteiger partial charge in [-0.25, -0.2) is 0 Å². The van der Waals surface area contributed by atoms with E-state index in [1.54, 1.807) is 10.9 Å². The van der Waals surface area contributed by atoms with Gasteiger partial charge in [0.25, 0.3) is 0 Å². The fraction of sp³-hybridized carbons (Fsp3) is 0.750. The fourth-order valence-corrected chi connectivity index (χ4v) is 2.31. The van der Waals surface area contributed by atoms with Gasteiger partial charge in [0, 0.05) is 25.8 Å². The van der Waals surface area contributed by atoms with Gasteiger partial charge in [0.05, 0.1) is 12.1 Å². The summed E-state index contributed by atoms with van der Waals surface area (Å²) in [6, 6.07) is 0. The van der Waals surface area contributed by atoms with Crippen LogP contribution >= 0.6 is 0 Å². The molecule has 1 aromatic rings. The van der Waals surface area contributed by atoms with Crippen LogP contribution in [0.3, 0.4) is 0 Å². The highest BCUT2D eigenvalue weighted by molar-refractivity contribution is 5.78. The summed E-state index contributed by atoms with van der Waals surface area (Å²) in [5.74, 6) is 0.886. The first kappa shape index (κ1) is 13.0. The molecule has 0 saturated carbocycles.